The fourth-order valence-electron chi connectivity index (χ4n) is 1.30. The molecule has 3 nitrogen and oxygen atoms in total. The zero-order chi connectivity index (χ0) is 10.5. The molecule has 1 fully saturated rings. The monoisotopic (exact) mass is 211 g/mol. The molecule has 0 spiro atoms. The molecule has 2 rings (SSSR count). The summed E-state index contributed by atoms with van der Waals surface area (Å²) in [5.41, 5.74) is 0.907. The van der Waals surface area contributed by atoms with E-state index < -0.39 is 0 Å². The summed E-state index contributed by atoms with van der Waals surface area (Å²) in [5, 5.41) is 3.14. The molecule has 0 aliphatic carbocycles. The van der Waals surface area contributed by atoms with Crippen LogP contribution >= 0.6 is 0 Å². The van der Waals surface area contributed by atoms with E-state index in [4.69, 9.17) is 9.47 Å². The fraction of sp³-hybridized carbons (Fsp3) is 0.455. The second-order valence-corrected chi connectivity index (χ2v) is 3.46. The Hall–Kier alpha value is -1.13. The summed E-state index contributed by atoms with van der Waals surface area (Å²) in [5.74, 6) is -0.219. The Balaban J connectivity index is 1.62. The predicted molar refractivity (Wildman–Crippen MR) is 55.4 cm³/mol. The molecule has 0 bridgehead atoms. The largest absolute Gasteiger partial charge is 0.383 e. The molecular weight excluding hydrogens is 197 g/mol. The van der Waals surface area contributed by atoms with Gasteiger partial charge in [0.25, 0.3) is 0 Å². The summed E-state index contributed by atoms with van der Waals surface area (Å²) < 4.78 is 23.0. The van der Waals surface area contributed by atoms with Crippen molar-refractivity contribution in [2.75, 3.05) is 31.7 Å². The Morgan fingerprint density at radius 2 is 2.07 bits per heavy atom. The lowest BCUT2D eigenvalue weighted by atomic mass is 10.3. The van der Waals surface area contributed by atoms with Gasteiger partial charge in [-0.1, -0.05) is 0 Å². The molecule has 0 atom stereocenters. The van der Waals surface area contributed by atoms with E-state index in [-0.39, 0.29) is 11.9 Å². The van der Waals surface area contributed by atoms with Crippen molar-refractivity contribution >= 4 is 5.69 Å². The third-order valence-corrected chi connectivity index (χ3v) is 2.24. The van der Waals surface area contributed by atoms with Crippen LogP contribution in [0.4, 0.5) is 10.1 Å². The third-order valence-electron chi connectivity index (χ3n) is 2.24. The van der Waals surface area contributed by atoms with Gasteiger partial charge < -0.3 is 14.8 Å². The number of halogens is 1. The topological polar surface area (TPSA) is 30.5 Å². The molecule has 0 unspecified atom stereocenters. The number of hydrogen-bond donors (Lipinski definition) is 1. The first-order chi connectivity index (χ1) is 7.34. The van der Waals surface area contributed by atoms with Crippen LogP contribution in [-0.4, -0.2) is 32.5 Å². The number of nitrogens with one attached hydrogen (secondary N) is 1. The van der Waals surface area contributed by atoms with Crippen molar-refractivity contribution in [3.63, 3.8) is 0 Å². The molecule has 1 aromatic rings. The molecule has 1 N–H and O–H groups in total. The van der Waals surface area contributed by atoms with Gasteiger partial charge in [-0.05, 0) is 24.3 Å². The minimum Gasteiger partial charge on any atom is -0.383 e. The molecule has 1 aliphatic heterocycles. The quantitative estimate of drug-likeness (QED) is 0.751. The van der Waals surface area contributed by atoms with E-state index >= 15 is 0 Å². The third kappa shape index (κ3) is 3.18. The Morgan fingerprint density at radius 3 is 2.67 bits per heavy atom. The van der Waals surface area contributed by atoms with Gasteiger partial charge in [-0.15, -0.1) is 0 Å². The predicted octanol–water partition coefficient (Wildman–Crippen LogP) is 1.65. The van der Waals surface area contributed by atoms with Gasteiger partial charge in [0.1, 0.15) is 11.9 Å². The first kappa shape index (κ1) is 10.4. The summed E-state index contributed by atoms with van der Waals surface area (Å²) >= 11 is 0. The van der Waals surface area contributed by atoms with Crippen molar-refractivity contribution in [2.24, 2.45) is 0 Å². The lowest BCUT2D eigenvalue weighted by Crippen LogP contribution is -2.37. The highest BCUT2D eigenvalue weighted by molar-refractivity contribution is 5.42. The summed E-state index contributed by atoms with van der Waals surface area (Å²) in [6, 6.07) is 6.29. The van der Waals surface area contributed by atoms with Crippen molar-refractivity contribution in [2.45, 2.75) is 6.10 Å². The summed E-state index contributed by atoms with van der Waals surface area (Å²) in [6.07, 6.45) is 0.264. The average molecular weight is 211 g/mol. The Labute approximate surface area is 88.2 Å². The lowest BCUT2D eigenvalue weighted by Gasteiger charge is -2.26. The minimum absolute atomic E-state index is 0.219. The smallest absolute Gasteiger partial charge is 0.123 e. The molecule has 0 amide bonds. The van der Waals surface area contributed by atoms with Crippen molar-refractivity contribution in [3.05, 3.63) is 30.1 Å². The molecule has 4 heteroatoms. The van der Waals surface area contributed by atoms with Gasteiger partial charge in [0.15, 0.2) is 0 Å². The maximum absolute atomic E-state index is 12.6. The summed E-state index contributed by atoms with van der Waals surface area (Å²) in [6.45, 7) is 2.78. The molecule has 1 aromatic carbocycles. The Bertz CT molecular complexity index is 298. The van der Waals surface area contributed by atoms with Gasteiger partial charge >= 0.3 is 0 Å². The van der Waals surface area contributed by atoms with Gasteiger partial charge in [0.2, 0.25) is 0 Å². The summed E-state index contributed by atoms with van der Waals surface area (Å²) in [7, 11) is 0. The van der Waals surface area contributed by atoms with Crippen LogP contribution < -0.4 is 5.32 Å². The number of ether oxygens (including phenoxy) is 2. The van der Waals surface area contributed by atoms with Gasteiger partial charge in [-0.2, -0.15) is 0 Å². The van der Waals surface area contributed by atoms with Crippen molar-refractivity contribution < 1.29 is 13.9 Å². The van der Waals surface area contributed by atoms with Crippen LogP contribution in [-0.2, 0) is 9.47 Å². The number of hydrogen-bond acceptors (Lipinski definition) is 3. The van der Waals surface area contributed by atoms with Crippen LogP contribution in [0.5, 0.6) is 0 Å². The molecular formula is C11H14FNO2. The SMILES string of the molecule is Fc1ccc(NCCOC2COC2)cc1. The standard InChI is InChI=1S/C11H14FNO2/c12-9-1-3-10(4-2-9)13-5-6-15-11-7-14-8-11/h1-4,11,13H,5-8H2. The molecule has 15 heavy (non-hydrogen) atoms. The van der Waals surface area contributed by atoms with Gasteiger partial charge in [0, 0.05) is 12.2 Å². The van der Waals surface area contributed by atoms with Gasteiger partial charge in [0.05, 0.1) is 19.8 Å². The van der Waals surface area contributed by atoms with E-state index in [9.17, 15) is 4.39 Å². The molecule has 0 radical (unpaired) electrons. The van der Waals surface area contributed by atoms with Crippen molar-refractivity contribution in [1.29, 1.82) is 0 Å². The van der Waals surface area contributed by atoms with Crippen LogP contribution in [0.2, 0.25) is 0 Å². The number of rotatable bonds is 5. The first-order valence-corrected chi connectivity index (χ1v) is 5.03. The minimum atomic E-state index is -0.219. The molecule has 1 heterocycles. The van der Waals surface area contributed by atoms with Crippen LogP contribution in [0.25, 0.3) is 0 Å². The van der Waals surface area contributed by atoms with E-state index in [2.05, 4.69) is 5.32 Å². The van der Waals surface area contributed by atoms with E-state index in [0.29, 0.717) is 19.8 Å². The Kier molecular flexibility index (Phi) is 3.53. The molecule has 82 valence electrons. The van der Waals surface area contributed by atoms with Crippen molar-refractivity contribution in [1.82, 2.24) is 0 Å². The van der Waals surface area contributed by atoms with E-state index in [1.165, 1.54) is 12.1 Å². The van der Waals surface area contributed by atoms with Gasteiger partial charge in [-0.25, -0.2) is 4.39 Å². The molecule has 1 saturated heterocycles. The van der Waals surface area contributed by atoms with E-state index in [1.807, 2.05) is 0 Å². The van der Waals surface area contributed by atoms with Crippen LogP contribution in [0.3, 0.4) is 0 Å². The molecule has 1 aliphatic rings. The highest BCUT2D eigenvalue weighted by Gasteiger charge is 2.17. The second kappa shape index (κ2) is 5.09. The van der Waals surface area contributed by atoms with Crippen LogP contribution in [0.1, 0.15) is 0 Å². The maximum atomic E-state index is 12.6. The fourth-order valence-corrected chi connectivity index (χ4v) is 1.30. The average Bonchev–Trinajstić information content (AvgIpc) is 2.18. The van der Waals surface area contributed by atoms with Gasteiger partial charge in [-0.3, -0.25) is 0 Å². The maximum Gasteiger partial charge on any atom is 0.123 e. The molecule has 0 aromatic heterocycles. The second-order valence-electron chi connectivity index (χ2n) is 3.46. The number of benzene rings is 1. The van der Waals surface area contributed by atoms with E-state index in [0.717, 1.165) is 12.2 Å². The highest BCUT2D eigenvalue weighted by atomic mass is 19.1. The first-order valence-electron chi connectivity index (χ1n) is 5.03. The van der Waals surface area contributed by atoms with E-state index in [1.54, 1.807) is 12.1 Å². The van der Waals surface area contributed by atoms with Crippen LogP contribution in [0, 0.1) is 5.82 Å². The highest BCUT2D eigenvalue weighted by Crippen LogP contribution is 2.08. The lowest BCUT2D eigenvalue weighted by molar-refractivity contribution is -0.127. The molecule has 0 saturated carbocycles. The van der Waals surface area contributed by atoms with Crippen LogP contribution in [0.15, 0.2) is 24.3 Å². The summed E-state index contributed by atoms with van der Waals surface area (Å²) in [4.78, 5) is 0. The zero-order valence-corrected chi connectivity index (χ0v) is 8.41. The normalized spacial score (nSPS) is 16.1. The zero-order valence-electron chi connectivity index (χ0n) is 8.41. The van der Waals surface area contributed by atoms with Crippen molar-refractivity contribution in [3.8, 4) is 0 Å². The Morgan fingerprint density at radius 1 is 1.33 bits per heavy atom. The number of anilines is 1.